The molecule has 0 aliphatic heterocycles. The molecule has 2 nitrogen and oxygen atoms in total. The number of Topliss-reactive ketones (excluding diaryl/α,β-unsaturated/α-hetero) is 1. The molecule has 1 aromatic rings. The predicted octanol–water partition coefficient (Wildman–Crippen LogP) is 3.41. The number of rotatable bonds is 6. The lowest BCUT2D eigenvalue weighted by molar-refractivity contribution is -0.119. The number of carbonyl (C=O) groups excluding carboxylic acids is 1. The molecule has 0 fully saturated rings. The van der Waals surface area contributed by atoms with E-state index in [4.69, 9.17) is 16.3 Å². The van der Waals surface area contributed by atoms with Crippen molar-refractivity contribution in [3.05, 3.63) is 34.6 Å². The van der Waals surface area contributed by atoms with E-state index < -0.39 is 0 Å². The summed E-state index contributed by atoms with van der Waals surface area (Å²) in [5, 5.41) is 0.444. The molecular formula is C13H16ClFO2. The maximum Gasteiger partial charge on any atom is 0.137 e. The zero-order valence-electron chi connectivity index (χ0n) is 10.0. The van der Waals surface area contributed by atoms with Gasteiger partial charge in [-0.2, -0.15) is 0 Å². The molecule has 1 atom stereocenters. The molecule has 1 aromatic carbocycles. The molecule has 1 unspecified atom stereocenters. The summed E-state index contributed by atoms with van der Waals surface area (Å²) in [5.41, 5.74) is 0.354. The van der Waals surface area contributed by atoms with Gasteiger partial charge in [-0.1, -0.05) is 11.6 Å². The van der Waals surface area contributed by atoms with Gasteiger partial charge in [0.25, 0.3) is 0 Å². The van der Waals surface area contributed by atoms with Gasteiger partial charge in [-0.15, -0.1) is 0 Å². The average molecular weight is 259 g/mol. The van der Waals surface area contributed by atoms with Crippen LogP contribution in [0.1, 0.15) is 25.3 Å². The normalized spacial score (nSPS) is 12.5. The van der Waals surface area contributed by atoms with Crippen molar-refractivity contribution in [3.8, 4) is 0 Å². The lowest BCUT2D eigenvalue weighted by Gasteiger charge is -2.08. The third kappa shape index (κ3) is 4.84. The standard InChI is InChI=1S/C13H16ClFO2/c1-9(17-2)3-5-12(16)8-10-7-11(14)4-6-13(10)15/h4,6-7,9H,3,5,8H2,1-2H3. The Bertz CT molecular complexity index is 393. The third-order valence-electron chi connectivity index (χ3n) is 2.63. The largest absolute Gasteiger partial charge is 0.382 e. The predicted molar refractivity (Wildman–Crippen MR) is 65.8 cm³/mol. The molecule has 0 bridgehead atoms. The van der Waals surface area contributed by atoms with Gasteiger partial charge < -0.3 is 4.74 Å². The minimum atomic E-state index is -0.387. The average Bonchev–Trinajstić information content (AvgIpc) is 2.30. The first-order valence-corrected chi connectivity index (χ1v) is 5.89. The summed E-state index contributed by atoms with van der Waals surface area (Å²) >= 11 is 5.75. The fourth-order valence-electron chi connectivity index (χ4n) is 1.46. The Hall–Kier alpha value is -0.930. The molecule has 1 rings (SSSR count). The number of halogens is 2. The van der Waals surface area contributed by atoms with Crippen molar-refractivity contribution in [3.63, 3.8) is 0 Å². The second kappa shape index (κ2) is 6.72. The lowest BCUT2D eigenvalue weighted by Crippen LogP contribution is -2.10. The Morgan fingerprint density at radius 2 is 2.24 bits per heavy atom. The Morgan fingerprint density at radius 3 is 2.88 bits per heavy atom. The summed E-state index contributed by atoms with van der Waals surface area (Å²) in [4.78, 5) is 11.6. The molecule has 0 aliphatic rings. The molecule has 17 heavy (non-hydrogen) atoms. The first kappa shape index (κ1) is 14.1. The maximum atomic E-state index is 13.4. The van der Waals surface area contributed by atoms with Gasteiger partial charge in [-0.25, -0.2) is 4.39 Å². The van der Waals surface area contributed by atoms with Crippen LogP contribution in [0.5, 0.6) is 0 Å². The number of ether oxygens (including phenoxy) is 1. The van der Waals surface area contributed by atoms with Gasteiger partial charge in [-0.05, 0) is 37.1 Å². The van der Waals surface area contributed by atoms with E-state index in [0.717, 1.165) is 0 Å². The molecule has 0 aliphatic carbocycles. The van der Waals surface area contributed by atoms with Crippen molar-refractivity contribution >= 4 is 17.4 Å². The van der Waals surface area contributed by atoms with Crippen LogP contribution in [0.3, 0.4) is 0 Å². The van der Waals surface area contributed by atoms with Gasteiger partial charge in [0.2, 0.25) is 0 Å². The van der Waals surface area contributed by atoms with E-state index in [1.165, 1.54) is 18.2 Å². The Labute approximate surface area is 106 Å². The summed E-state index contributed by atoms with van der Waals surface area (Å²) in [5.74, 6) is -0.391. The highest BCUT2D eigenvalue weighted by Gasteiger charge is 2.10. The number of hydrogen-bond donors (Lipinski definition) is 0. The molecule has 0 heterocycles. The Balaban J connectivity index is 2.53. The van der Waals surface area contributed by atoms with Crippen LogP contribution in [0.25, 0.3) is 0 Å². The van der Waals surface area contributed by atoms with Crippen LogP contribution < -0.4 is 0 Å². The molecule has 0 radical (unpaired) electrons. The molecule has 0 aromatic heterocycles. The van der Waals surface area contributed by atoms with E-state index in [0.29, 0.717) is 23.4 Å². The van der Waals surface area contributed by atoms with Crippen LogP contribution in [-0.2, 0) is 16.0 Å². The van der Waals surface area contributed by atoms with Crippen molar-refractivity contribution in [1.29, 1.82) is 0 Å². The summed E-state index contributed by atoms with van der Waals surface area (Å²) in [6.45, 7) is 1.90. The highest BCUT2D eigenvalue weighted by Crippen LogP contribution is 2.16. The first-order valence-electron chi connectivity index (χ1n) is 5.51. The van der Waals surface area contributed by atoms with Gasteiger partial charge in [0.05, 0.1) is 6.10 Å². The summed E-state index contributed by atoms with van der Waals surface area (Å²) < 4.78 is 18.4. The minimum Gasteiger partial charge on any atom is -0.382 e. The summed E-state index contributed by atoms with van der Waals surface area (Å²) in [6, 6.07) is 4.25. The fourth-order valence-corrected chi connectivity index (χ4v) is 1.66. The van der Waals surface area contributed by atoms with Crippen LogP contribution in [0.15, 0.2) is 18.2 Å². The SMILES string of the molecule is COC(C)CCC(=O)Cc1cc(Cl)ccc1F. The molecule has 0 saturated carbocycles. The summed E-state index contributed by atoms with van der Waals surface area (Å²) in [7, 11) is 1.60. The topological polar surface area (TPSA) is 26.3 Å². The van der Waals surface area contributed by atoms with E-state index in [-0.39, 0.29) is 24.1 Å². The molecule has 0 N–H and O–H groups in total. The molecule has 0 saturated heterocycles. The van der Waals surface area contributed by atoms with Gasteiger partial charge in [-0.3, -0.25) is 4.79 Å². The quantitative estimate of drug-likeness (QED) is 0.782. The van der Waals surface area contributed by atoms with E-state index >= 15 is 0 Å². The van der Waals surface area contributed by atoms with E-state index in [9.17, 15) is 9.18 Å². The van der Waals surface area contributed by atoms with Gasteiger partial charge in [0.15, 0.2) is 0 Å². The highest BCUT2D eigenvalue weighted by atomic mass is 35.5. The van der Waals surface area contributed by atoms with Gasteiger partial charge in [0, 0.05) is 25.0 Å². The van der Waals surface area contributed by atoms with Crippen LogP contribution in [0.2, 0.25) is 5.02 Å². The van der Waals surface area contributed by atoms with Crippen molar-refractivity contribution in [1.82, 2.24) is 0 Å². The molecule has 0 amide bonds. The Morgan fingerprint density at radius 1 is 1.53 bits per heavy atom. The molecule has 4 heteroatoms. The fraction of sp³-hybridized carbons (Fsp3) is 0.462. The maximum absolute atomic E-state index is 13.4. The summed E-state index contributed by atoms with van der Waals surface area (Å²) in [6.07, 6.45) is 1.17. The monoisotopic (exact) mass is 258 g/mol. The first-order chi connectivity index (χ1) is 8.02. The highest BCUT2D eigenvalue weighted by molar-refractivity contribution is 6.30. The zero-order valence-corrected chi connectivity index (χ0v) is 10.8. The van der Waals surface area contributed by atoms with Crippen LogP contribution >= 0.6 is 11.6 Å². The molecular weight excluding hydrogens is 243 g/mol. The van der Waals surface area contributed by atoms with E-state index in [1.807, 2.05) is 6.92 Å². The lowest BCUT2D eigenvalue weighted by atomic mass is 10.0. The van der Waals surface area contributed by atoms with Crippen LogP contribution in [-0.4, -0.2) is 19.0 Å². The number of ketones is 1. The number of carbonyl (C=O) groups is 1. The van der Waals surface area contributed by atoms with Crippen molar-refractivity contribution in [2.75, 3.05) is 7.11 Å². The smallest absolute Gasteiger partial charge is 0.137 e. The van der Waals surface area contributed by atoms with Crippen molar-refractivity contribution < 1.29 is 13.9 Å². The molecule has 0 spiro atoms. The number of hydrogen-bond acceptors (Lipinski definition) is 2. The van der Waals surface area contributed by atoms with Gasteiger partial charge >= 0.3 is 0 Å². The van der Waals surface area contributed by atoms with E-state index in [2.05, 4.69) is 0 Å². The zero-order chi connectivity index (χ0) is 12.8. The second-order valence-electron chi connectivity index (χ2n) is 4.04. The number of methoxy groups -OCH3 is 1. The third-order valence-corrected chi connectivity index (χ3v) is 2.86. The Kier molecular flexibility index (Phi) is 5.59. The van der Waals surface area contributed by atoms with E-state index in [1.54, 1.807) is 7.11 Å². The second-order valence-corrected chi connectivity index (χ2v) is 4.47. The van der Waals surface area contributed by atoms with Crippen molar-refractivity contribution in [2.45, 2.75) is 32.3 Å². The van der Waals surface area contributed by atoms with Gasteiger partial charge in [0.1, 0.15) is 11.6 Å². The number of benzene rings is 1. The van der Waals surface area contributed by atoms with Crippen LogP contribution in [0.4, 0.5) is 4.39 Å². The van der Waals surface area contributed by atoms with Crippen molar-refractivity contribution in [2.24, 2.45) is 0 Å². The molecule has 94 valence electrons. The van der Waals surface area contributed by atoms with Crippen LogP contribution in [0, 0.1) is 5.82 Å². The minimum absolute atomic E-state index is 0.00457.